The number of carbonyl (C=O) groups is 3. The maximum atomic E-state index is 12.0. The molecular weight excluding hydrogens is 364 g/mol. The molecule has 0 saturated carbocycles. The van der Waals surface area contributed by atoms with E-state index in [0.29, 0.717) is 4.90 Å². The topological polar surface area (TPSA) is 147 Å². The molecule has 0 atom stereocenters. The van der Waals surface area contributed by atoms with E-state index in [-0.39, 0.29) is 22.6 Å². The Morgan fingerprint density at radius 3 is 2.38 bits per heavy atom. The number of amides is 1. The minimum absolute atomic E-state index is 0.0336. The standard InChI is InChI=1S/C16H12N2O7S/c19-14(8-26-13-4-2-1-3-12(13)16(22)23)17-10-5-9(15(20)21)6-11(7-10)18(24)25/h1-7H,8H2,(H,17,19)(H,20,21)(H,22,23). The summed E-state index contributed by atoms with van der Waals surface area (Å²) < 4.78 is 0. The third kappa shape index (κ3) is 4.80. The fourth-order valence-electron chi connectivity index (χ4n) is 2.02. The predicted octanol–water partition coefficient (Wildman–Crippen LogP) is 2.72. The first-order valence-corrected chi connectivity index (χ1v) is 8.04. The lowest BCUT2D eigenvalue weighted by Gasteiger charge is -2.08. The van der Waals surface area contributed by atoms with Gasteiger partial charge in [0, 0.05) is 22.7 Å². The molecule has 0 heterocycles. The van der Waals surface area contributed by atoms with Crippen molar-refractivity contribution in [3.05, 3.63) is 63.7 Å². The third-order valence-corrected chi connectivity index (χ3v) is 4.21. The van der Waals surface area contributed by atoms with Gasteiger partial charge in [-0.2, -0.15) is 0 Å². The second-order valence-corrected chi connectivity index (χ2v) is 5.99. The second kappa shape index (κ2) is 8.12. The summed E-state index contributed by atoms with van der Waals surface area (Å²) in [6.07, 6.45) is 0. The van der Waals surface area contributed by atoms with E-state index in [1.807, 2.05) is 0 Å². The van der Waals surface area contributed by atoms with Crippen LogP contribution in [-0.2, 0) is 4.79 Å². The van der Waals surface area contributed by atoms with Gasteiger partial charge in [-0.15, -0.1) is 11.8 Å². The van der Waals surface area contributed by atoms with Crippen LogP contribution in [0.3, 0.4) is 0 Å². The van der Waals surface area contributed by atoms with E-state index in [1.165, 1.54) is 6.07 Å². The van der Waals surface area contributed by atoms with Crippen LogP contribution < -0.4 is 5.32 Å². The highest BCUT2D eigenvalue weighted by Gasteiger charge is 2.16. The van der Waals surface area contributed by atoms with Crippen molar-refractivity contribution in [2.75, 3.05) is 11.1 Å². The molecule has 0 spiro atoms. The fraction of sp³-hybridized carbons (Fsp3) is 0.0625. The van der Waals surface area contributed by atoms with Gasteiger partial charge in [0.2, 0.25) is 5.91 Å². The number of carboxylic acids is 2. The molecule has 0 bridgehead atoms. The molecule has 0 unspecified atom stereocenters. The van der Waals surface area contributed by atoms with Gasteiger partial charge in [0.1, 0.15) is 0 Å². The highest BCUT2D eigenvalue weighted by Crippen LogP contribution is 2.24. The lowest BCUT2D eigenvalue weighted by atomic mass is 10.1. The normalized spacial score (nSPS) is 10.2. The number of hydrogen-bond donors (Lipinski definition) is 3. The Labute approximate surface area is 150 Å². The molecule has 0 aliphatic rings. The first-order chi connectivity index (χ1) is 12.3. The van der Waals surface area contributed by atoms with E-state index in [4.69, 9.17) is 10.2 Å². The first kappa shape index (κ1) is 18.9. The summed E-state index contributed by atoms with van der Waals surface area (Å²) in [5.74, 6) is -3.21. The molecule has 0 aliphatic heterocycles. The molecular formula is C16H12N2O7S. The minimum Gasteiger partial charge on any atom is -0.478 e. The monoisotopic (exact) mass is 376 g/mol. The number of nitro benzene ring substituents is 1. The maximum Gasteiger partial charge on any atom is 0.336 e. The molecule has 0 fully saturated rings. The van der Waals surface area contributed by atoms with Gasteiger partial charge >= 0.3 is 11.9 Å². The maximum absolute atomic E-state index is 12.0. The lowest BCUT2D eigenvalue weighted by Crippen LogP contribution is -2.15. The largest absolute Gasteiger partial charge is 0.478 e. The van der Waals surface area contributed by atoms with Crippen LogP contribution in [0.4, 0.5) is 11.4 Å². The summed E-state index contributed by atoms with van der Waals surface area (Å²) in [4.78, 5) is 44.7. The van der Waals surface area contributed by atoms with Gasteiger partial charge in [0.15, 0.2) is 0 Å². The number of anilines is 1. The summed E-state index contributed by atoms with van der Waals surface area (Å²) >= 11 is 0.981. The Bertz CT molecular complexity index is 866. The average Bonchev–Trinajstić information content (AvgIpc) is 2.59. The highest BCUT2D eigenvalue weighted by molar-refractivity contribution is 8.00. The number of aromatic carboxylic acids is 2. The summed E-state index contributed by atoms with van der Waals surface area (Å²) in [5, 5.41) is 31.3. The van der Waals surface area contributed by atoms with E-state index >= 15 is 0 Å². The van der Waals surface area contributed by atoms with Gasteiger partial charge in [0.05, 0.1) is 21.8 Å². The summed E-state index contributed by atoms with van der Waals surface area (Å²) in [5.41, 5.74) is -0.787. The van der Waals surface area contributed by atoms with Gasteiger partial charge in [-0.1, -0.05) is 12.1 Å². The molecule has 10 heteroatoms. The van der Waals surface area contributed by atoms with E-state index in [9.17, 15) is 24.5 Å². The van der Waals surface area contributed by atoms with E-state index in [0.717, 1.165) is 30.0 Å². The lowest BCUT2D eigenvalue weighted by molar-refractivity contribution is -0.384. The molecule has 26 heavy (non-hydrogen) atoms. The van der Waals surface area contributed by atoms with Crippen LogP contribution in [0.5, 0.6) is 0 Å². The number of non-ortho nitro benzene ring substituents is 1. The van der Waals surface area contributed by atoms with Gasteiger partial charge in [-0.05, 0) is 18.2 Å². The summed E-state index contributed by atoms with van der Waals surface area (Å²) in [6, 6.07) is 9.18. The van der Waals surface area contributed by atoms with Crippen LogP contribution in [0, 0.1) is 10.1 Å². The molecule has 0 aliphatic carbocycles. The van der Waals surface area contributed by atoms with Crippen molar-refractivity contribution in [1.82, 2.24) is 0 Å². The van der Waals surface area contributed by atoms with Gasteiger partial charge < -0.3 is 15.5 Å². The smallest absolute Gasteiger partial charge is 0.336 e. The average molecular weight is 376 g/mol. The van der Waals surface area contributed by atoms with Crippen molar-refractivity contribution >= 4 is 41.0 Å². The van der Waals surface area contributed by atoms with Gasteiger partial charge in [0.25, 0.3) is 5.69 Å². The van der Waals surface area contributed by atoms with Crippen molar-refractivity contribution in [3.8, 4) is 0 Å². The van der Waals surface area contributed by atoms with E-state index in [1.54, 1.807) is 18.2 Å². The van der Waals surface area contributed by atoms with Crippen molar-refractivity contribution in [2.24, 2.45) is 0 Å². The quantitative estimate of drug-likeness (QED) is 0.380. The van der Waals surface area contributed by atoms with Crippen molar-refractivity contribution in [1.29, 1.82) is 0 Å². The number of hydrogen-bond acceptors (Lipinski definition) is 6. The zero-order valence-electron chi connectivity index (χ0n) is 13.0. The minimum atomic E-state index is -1.37. The van der Waals surface area contributed by atoms with Gasteiger partial charge in [-0.25, -0.2) is 9.59 Å². The Hall–Kier alpha value is -3.40. The van der Waals surface area contributed by atoms with Gasteiger partial charge in [-0.3, -0.25) is 14.9 Å². The Balaban J connectivity index is 2.12. The van der Waals surface area contributed by atoms with Crippen molar-refractivity contribution < 1.29 is 29.5 Å². The zero-order chi connectivity index (χ0) is 19.3. The van der Waals surface area contributed by atoms with Crippen LogP contribution in [0.2, 0.25) is 0 Å². The van der Waals surface area contributed by atoms with Crippen molar-refractivity contribution in [2.45, 2.75) is 4.90 Å². The molecule has 1 amide bonds. The van der Waals surface area contributed by atoms with Crippen molar-refractivity contribution in [3.63, 3.8) is 0 Å². The molecule has 0 aromatic heterocycles. The first-order valence-electron chi connectivity index (χ1n) is 7.05. The molecule has 134 valence electrons. The zero-order valence-corrected chi connectivity index (χ0v) is 13.9. The van der Waals surface area contributed by atoms with Crippen LogP contribution in [0.15, 0.2) is 47.4 Å². The Morgan fingerprint density at radius 1 is 1.08 bits per heavy atom. The second-order valence-electron chi connectivity index (χ2n) is 4.97. The molecule has 2 aromatic rings. The number of carbonyl (C=O) groups excluding carboxylic acids is 1. The molecule has 2 aromatic carbocycles. The van der Waals surface area contributed by atoms with Crippen LogP contribution in [0.1, 0.15) is 20.7 Å². The highest BCUT2D eigenvalue weighted by atomic mass is 32.2. The van der Waals surface area contributed by atoms with Crippen LogP contribution >= 0.6 is 11.8 Å². The molecule has 9 nitrogen and oxygen atoms in total. The van der Waals surface area contributed by atoms with Crippen LogP contribution in [-0.4, -0.2) is 38.7 Å². The van der Waals surface area contributed by atoms with E-state index in [2.05, 4.69) is 5.32 Å². The molecule has 0 radical (unpaired) electrons. The van der Waals surface area contributed by atoms with E-state index < -0.39 is 28.5 Å². The predicted molar refractivity (Wildman–Crippen MR) is 92.8 cm³/mol. The third-order valence-electron chi connectivity index (χ3n) is 3.14. The number of thioether (sulfide) groups is 1. The molecule has 2 rings (SSSR count). The number of nitrogens with zero attached hydrogens (tertiary/aromatic N) is 1. The fourth-order valence-corrected chi connectivity index (χ4v) is 2.87. The molecule has 3 N–H and O–H groups in total. The Morgan fingerprint density at radius 2 is 1.77 bits per heavy atom. The SMILES string of the molecule is O=C(CSc1ccccc1C(=O)O)Nc1cc(C(=O)O)cc([N+](=O)[O-])c1. The Kier molecular flexibility index (Phi) is 5.91. The number of nitrogens with one attached hydrogen (secondary N) is 1. The van der Waals surface area contributed by atoms with Crippen LogP contribution in [0.25, 0.3) is 0 Å². The number of rotatable bonds is 7. The molecule has 0 saturated heterocycles. The number of nitro groups is 1. The number of carboxylic acid groups (broad SMARTS) is 2. The number of benzene rings is 2. The summed E-state index contributed by atoms with van der Waals surface area (Å²) in [7, 11) is 0. The summed E-state index contributed by atoms with van der Waals surface area (Å²) in [6.45, 7) is 0.